The van der Waals surface area contributed by atoms with Crippen LogP contribution in [-0.2, 0) is 11.3 Å². The Morgan fingerprint density at radius 3 is 2.76 bits per heavy atom. The quantitative estimate of drug-likeness (QED) is 0.679. The number of aryl methyl sites for hydroxylation is 2. The molecule has 0 aliphatic carbocycles. The zero-order chi connectivity index (χ0) is 15.0. The maximum Gasteiger partial charge on any atom is 0.281 e. The normalized spacial score (nSPS) is 15.6. The van der Waals surface area contributed by atoms with Crippen molar-refractivity contribution in [3.63, 3.8) is 0 Å². The van der Waals surface area contributed by atoms with Crippen molar-refractivity contribution >= 4 is 17.3 Å². The SMILES string of the molecule is Cc1cc(C)c2c(c1)/C(=N/O)C(=O)N2Cc1ccccn1. The summed E-state index contributed by atoms with van der Waals surface area (Å²) in [6.45, 7) is 4.26. The number of carbonyl (C=O) groups is 1. The third kappa shape index (κ3) is 2.16. The van der Waals surface area contributed by atoms with Crippen LogP contribution in [0.25, 0.3) is 0 Å². The number of aromatic nitrogens is 1. The molecule has 3 rings (SSSR count). The van der Waals surface area contributed by atoms with E-state index >= 15 is 0 Å². The Labute approximate surface area is 122 Å². The van der Waals surface area contributed by atoms with Crippen molar-refractivity contribution in [2.45, 2.75) is 20.4 Å². The fourth-order valence-electron chi connectivity index (χ4n) is 2.74. The minimum Gasteiger partial charge on any atom is -0.410 e. The highest BCUT2D eigenvalue weighted by Crippen LogP contribution is 2.34. The van der Waals surface area contributed by atoms with Crippen LogP contribution >= 0.6 is 0 Å². The second-order valence-electron chi connectivity index (χ2n) is 5.14. The minimum atomic E-state index is -0.299. The van der Waals surface area contributed by atoms with Gasteiger partial charge < -0.3 is 5.21 Å². The molecule has 5 nitrogen and oxygen atoms in total. The van der Waals surface area contributed by atoms with E-state index in [9.17, 15) is 10.0 Å². The Kier molecular flexibility index (Phi) is 3.17. The first-order chi connectivity index (χ1) is 10.1. The smallest absolute Gasteiger partial charge is 0.281 e. The van der Waals surface area contributed by atoms with Gasteiger partial charge in [-0.25, -0.2) is 0 Å². The highest BCUT2D eigenvalue weighted by molar-refractivity contribution is 6.54. The van der Waals surface area contributed by atoms with Gasteiger partial charge >= 0.3 is 0 Å². The molecule has 1 aliphatic rings. The van der Waals surface area contributed by atoms with Gasteiger partial charge in [0, 0.05) is 11.8 Å². The zero-order valence-electron chi connectivity index (χ0n) is 11.9. The second-order valence-corrected chi connectivity index (χ2v) is 5.14. The van der Waals surface area contributed by atoms with Crippen molar-refractivity contribution in [1.29, 1.82) is 0 Å². The Balaban J connectivity index is 2.10. The summed E-state index contributed by atoms with van der Waals surface area (Å²) in [5, 5.41) is 12.4. The summed E-state index contributed by atoms with van der Waals surface area (Å²) >= 11 is 0. The van der Waals surface area contributed by atoms with Gasteiger partial charge in [0.05, 0.1) is 17.9 Å². The number of oxime groups is 1. The van der Waals surface area contributed by atoms with Crippen molar-refractivity contribution in [2.24, 2.45) is 5.16 Å². The molecule has 106 valence electrons. The Morgan fingerprint density at radius 1 is 1.29 bits per heavy atom. The van der Waals surface area contributed by atoms with Gasteiger partial charge in [-0.3, -0.25) is 14.7 Å². The Bertz CT molecular complexity index is 739. The van der Waals surface area contributed by atoms with E-state index in [-0.39, 0.29) is 11.6 Å². The van der Waals surface area contributed by atoms with E-state index in [1.165, 1.54) is 0 Å². The van der Waals surface area contributed by atoms with Crippen molar-refractivity contribution in [2.75, 3.05) is 4.90 Å². The van der Waals surface area contributed by atoms with Crippen LogP contribution in [-0.4, -0.2) is 21.8 Å². The van der Waals surface area contributed by atoms with Crippen molar-refractivity contribution < 1.29 is 10.0 Å². The topological polar surface area (TPSA) is 65.8 Å². The van der Waals surface area contributed by atoms with Crippen molar-refractivity contribution in [3.05, 3.63) is 58.9 Å². The monoisotopic (exact) mass is 281 g/mol. The molecule has 0 saturated carbocycles. The number of hydrogen-bond donors (Lipinski definition) is 1. The molecule has 0 saturated heterocycles. The molecule has 0 atom stereocenters. The van der Waals surface area contributed by atoms with Gasteiger partial charge in [0.25, 0.3) is 5.91 Å². The standard InChI is InChI=1S/C16H15N3O2/c1-10-7-11(2)15-13(8-10)14(18-21)16(20)19(15)9-12-5-3-4-6-17-12/h3-8,21H,9H2,1-2H3/b18-14-. The molecule has 1 N–H and O–H groups in total. The van der Waals surface area contributed by atoms with E-state index in [1.807, 2.05) is 44.2 Å². The lowest BCUT2D eigenvalue weighted by atomic mass is 10.0. The molecule has 2 aromatic rings. The summed E-state index contributed by atoms with van der Waals surface area (Å²) < 4.78 is 0. The van der Waals surface area contributed by atoms with E-state index in [0.29, 0.717) is 12.1 Å². The fourth-order valence-corrected chi connectivity index (χ4v) is 2.74. The molecule has 0 fully saturated rings. The lowest BCUT2D eigenvalue weighted by Gasteiger charge is -2.18. The van der Waals surface area contributed by atoms with Crippen molar-refractivity contribution in [3.8, 4) is 0 Å². The number of benzene rings is 1. The predicted molar refractivity (Wildman–Crippen MR) is 79.7 cm³/mol. The summed E-state index contributed by atoms with van der Waals surface area (Å²) in [4.78, 5) is 18.3. The van der Waals surface area contributed by atoms with Crippen LogP contribution in [0.3, 0.4) is 0 Å². The number of carbonyl (C=O) groups excluding carboxylic acids is 1. The maximum atomic E-state index is 12.5. The number of hydrogen-bond acceptors (Lipinski definition) is 4. The summed E-state index contributed by atoms with van der Waals surface area (Å²) in [5.74, 6) is -0.299. The van der Waals surface area contributed by atoms with Gasteiger partial charge in [-0.2, -0.15) is 0 Å². The van der Waals surface area contributed by atoms with Crippen LogP contribution in [0.5, 0.6) is 0 Å². The van der Waals surface area contributed by atoms with Crippen molar-refractivity contribution in [1.82, 2.24) is 4.98 Å². The molecule has 0 bridgehead atoms. The number of fused-ring (bicyclic) bond motifs is 1. The minimum absolute atomic E-state index is 0.0905. The van der Waals surface area contributed by atoms with Gasteiger partial charge in [0.1, 0.15) is 0 Å². The maximum absolute atomic E-state index is 12.5. The zero-order valence-corrected chi connectivity index (χ0v) is 11.9. The number of amides is 1. The van der Waals surface area contributed by atoms with Crippen LogP contribution in [0.2, 0.25) is 0 Å². The third-order valence-electron chi connectivity index (χ3n) is 3.56. The third-order valence-corrected chi connectivity index (χ3v) is 3.56. The lowest BCUT2D eigenvalue weighted by Crippen LogP contribution is -2.30. The molecule has 1 aliphatic heterocycles. The van der Waals surface area contributed by atoms with E-state index in [4.69, 9.17) is 0 Å². The van der Waals surface area contributed by atoms with Gasteiger partial charge in [0.15, 0.2) is 5.71 Å². The number of rotatable bonds is 2. The van der Waals surface area contributed by atoms with Crippen LogP contribution in [0.15, 0.2) is 41.7 Å². The summed E-state index contributed by atoms with van der Waals surface area (Å²) in [6.07, 6.45) is 1.69. The largest absolute Gasteiger partial charge is 0.410 e. The van der Waals surface area contributed by atoms with Gasteiger partial charge in [-0.1, -0.05) is 22.9 Å². The molecular weight excluding hydrogens is 266 g/mol. The summed E-state index contributed by atoms with van der Waals surface area (Å²) in [5.41, 5.74) is 4.36. The van der Waals surface area contributed by atoms with E-state index in [0.717, 1.165) is 22.5 Å². The number of anilines is 1. The fraction of sp³-hybridized carbons (Fsp3) is 0.188. The summed E-state index contributed by atoms with van der Waals surface area (Å²) in [6, 6.07) is 9.46. The molecule has 5 heteroatoms. The Hall–Kier alpha value is -2.69. The van der Waals surface area contributed by atoms with Gasteiger partial charge in [0.2, 0.25) is 0 Å². The van der Waals surface area contributed by atoms with Crippen LogP contribution in [0.1, 0.15) is 22.4 Å². The van der Waals surface area contributed by atoms with Crippen LogP contribution in [0, 0.1) is 13.8 Å². The molecule has 1 aromatic carbocycles. The molecule has 1 aromatic heterocycles. The molecule has 1 amide bonds. The van der Waals surface area contributed by atoms with Gasteiger partial charge in [-0.15, -0.1) is 0 Å². The number of nitrogens with zero attached hydrogens (tertiary/aromatic N) is 3. The molecule has 0 spiro atoms. The average molecular weight is 281 g/mol. The first kappa shape index (κ1) is 13.3. The molecule has 2 heterocycles. The van der Waals surface area contributed by atoms with Gasteiger partial charge in [-0.05, 0) is 37.6 Å². The molecular formula is C16H15N3O2. The molecule has 0 unspecified atom stereocenters. The highest BCUT2D eigenvalue weighted by atomic mass is 16.4. The van der Waals surface area contributed by atoms with E-state index in [1.54, 1.807) is 11.1 Å². The second kappa shape index (κ2) is 5.01. The van der Waals surface area contributed by atoms with E-state index < -0.39 is 0 Å². The lowest BCUT2D eigenvalue weighted by molar-refractivity contribution is -0.112. The molecule has 21 heavy (non-hydrogen) atoms. The summed E-state index contributed by atoms with van der Waals surface area (Å²) in [7, 11) is 0. The number of pyridine rings is 1. The predicted octanol–water partition coefficient (Wildman–Crippen LogP) is 2.42. The van der Waals surface area contributed by atoms with Crippen LogP contribution in [0.4, 0.5) is 5.69 Å². The first-order valence-electron chi connectivity index (χ1n) is 6.67. The Morgan fingerprint density at radius 2 is 2.10 bits per heavy atom. The molecule has 0 radical (unpaired) electrons. The van der Waals surface area contributed by atoms with Crippen LogP contribution < -0.4 is 4.90 Å². The highest BCUT2D eigenvalue weighted by Gasteiger charge is 2.36. The first-order valence-corrected chi connectivity index (χ1v) is 6.67. The average Bonchev–Trinajstić information content (AvgIpc) is 2.72. The van der Waals surface area contributed by atoms with E-state index in [2.05, 4.69) is 10.1 Å².